The number of aliphatic hydroxyl groups is 1. The fourth-order valence-electron chi connectivity index (χ4n) is 2.47. The summed E-state index contributed by atoms with van der Waals surface area (Å²) in [6, 6.07) is 8.70. The summed E-state index contributed by atoms with van der Waals surface area (Å²) < 4.78 is 0. The Balaban J connectivity index is 1.82. The van der Waals surface area contributed by atoms with Crippen molar-refractivity contribution < 1.29 is 5.11 Å². The summed E-state index contributed by atoms with van der Waals surface area (Å²) in [5.41, 5.74) is 1.04. The van der Waals surface area contributed by atoms with Gasteiger partial charge in [0.1, 0.15) is 0 Å². The van der Waals surface area contributed by atoms with Crippen LogP contribution in [0.15, 0.2) is 29.2 Å². The van der Waals surface area contributed by atoms with Crippen LogP contribution >= 0.6 is 11.8 Å². The van der Waals surface area contributed by atoms with Crippen LogP contribution in [0.25, 0.3) is 0 Å². The summed E-state index contributed by atoms with van der Waals surface area (Å²) in [7, 11) is 0. The van der Waals surface area contributed by atoms with Crippen molar-refractivity contribution in [2.24, 2.45) is 0 Å². The minimum Gasteiger partial charge on any atom is -0.389 e. The molecule has 0 unspecified atom stereocenters. The maximum atomic E-state index is 10.4. The summed E-state index contributed by atoms with van der Waals surface area (Å²) in [6.45, 7) is 7.44. The second kappa shape index (κ2) is 6.50. The number of rotatable bonds is 5. The van der Waals surface area contributed by atoms with E-state index in [0.29, 0.717) is 0 Å². The van der Waals surface area contributed by atoms with E-state index in [1.165, 1.54) is 23.3 Å². The molecule has 2 N–H and O–H groups in total. The van der Waals surface area contributed by atoms with Crippen molar-refractivity contribution in [3.8, 4) is 0 Å². The van der Waals surface area contributed by atoms with Gasteiger partial charge in [0.25, 0.3) is 0 Å². The van der Waals surface area contributed by atoms with Crippen molar-refractivity contribution in [1.29, 1.82) is 0 Å². The molecule has 0 radical (unpaired) electrons. The van der Waals surface area contributed by atoms with Crippen molar-refractivity contribution in [2.45, 2.75) is 69.0 Å². The van der Waals surface area contributed by atoms with Gasteiger partial charge in [-0.25, -0.2) is 0 Å². The van der Waals surface area contributed by atoms with Crippen molar-refractivity contribution in [1.82, 2.24) is 5.32 Å². The lowest BCUT2D eigenvalue weighted by Crippen LogP contribution is -2.35. The van der Waals surface area contributed by atoms with Crippen LogP contribution in [-0.2, 0) is 6.54 Å². The van der Waals surface area contributed by atoms with Crippen LogP contribution < -0.4 is 5.32 Å². The van der Waals surface area contributed by atoms with Crippen LogP contribution in [-0.4, -0.2) is 22.0 Å². The predicted octanol–water partition coefficient (Wildman–Crippen LogP) is 3.97. The van der Waals surface area contributed by atoms with E-state index in [9.17, 15) is 5.11 Å². The van der Waals surface area contributed by atoms with Crippen LogP contribution in [0, 0.1) is 0 Å². The molecule has 1 aromatic carbocycles. The third kappa shape index (κ3) is 5.12. The summed E-state index contributed by atoms with van der Waals surface area (Å²) in [5, 5.41) is 13.8. The Kier molecular flexibility index (Phi) is 5.16. The number of benzene rings is 1. The average molecular weight is 293 g/mol. The van der Waals surface area contributed by atoms with E-state index in [1.807, 2.05) is 0 Å². The molecule has 1 fully saturated rings. The Labute approximate surface area is 127 Å². The maximum absolute atomic E-state index is 10.4. The Morgan fingerprint density at radius 2 is 1.75 bits per heavy atom. The summed E-state index contributed by atoms with van der Waals surface area (Å²) in [4.78, 5) is 1.25. The summed E-state index contributed by atoms with van der Waals surface area (Å²) >= 11 is 1.78. The minimum absolute atomic E-state index is 0.152. The highest BCUT2D eigenvalue weighted by Gasteiger charge is 2.30. The number of thioether (sulfide) groups is 1. The normalized spacial score (nSPS) is 18.4. The van der Waals surface area contributed by atoms with Gasteiger partial charge in [0.15, 0.2) is 0 Å². The molecule has 1 aliphatic carbocycles. The molecule has 0 saturated heterocycles. The predicted molar refractivity (Wildman–Crippen MR) is 87.2 cm³/mol. The number of nitrogens with one attached hydrogen (secondary N) is 1. The molecule has 0 bridgehead atoms. The molecule has 0 aromatic heterocycles. The molecule has 112 valence electrons. The molecule has 2 rings (SSSR count). The van der Waals surface area contributed by atoms with Gasteiger partial charge in [-0.05, 0) is 51.3 Å². The first-order chi connectivity index (χ1) is 9.36. The third-order valence-electron chi connectivity index (χ3n) is 3.79. The number of hydrogen-bond acceptors (Lipinski definition) is 3. The first kappa shape index (κ1) is 15.9. The average Bonchev–Trinajstić information content (AvgIpc) is 2.82. The molecule has 0 heterocycles. The van der Waals surface area contributed by atoms with Gasteiger partial charge in [-0.2, -0.15) is 0 Å². The van der Waals surface area contributed by atoms with Gasteiger partial charge in [0, 0.05) is 22.7 Å². The van der Waals surface area contributed by atoms with E-state index < -0.39 is 5.60 Å². The molecular weight excluding hydrogens is 266 g/mol. The van der Waals surface area contributed by atoms with Crippen molar-refractivity contribution in [2.75, 3.05) is 5.75 Å². The first-order valence-electron chi connectivity index (χ1n) is 7.56. The van der Waals surface area contributed by atoms with Crippen molar-refractivity contribution >= 4 is 11.8 Å². The van der Waals surface area contributed by atoms with E-state index in [2.05, 4.69) is 50.4 Å². The molecule has 1 aliphatic rings. The lowest BCUT2D eigenvalue weighted by Gasteiger charge is -2.22. The zero-order valence-corrected chi connectivity index (χ0v) is 13.7. The topological polar surface area (TPSA) is 32.3 Å². The fraction of sp³-hybridized carbons (Fsp3) is 0.647. The van der Waals surface area contributed by atoms with Crippen LogP contribution in [0.4, 0.5) is 0 Å². The Morgan fingerprint density at radius 1 is 1.15 bits per heavy atom. The summed E-state index contributed by atoms with van der Waals surface area (Å²) in [6.07, 6.45) is 4.28. The quantitative estimate of drug-likeness (QED) is 0.806. The van der Waals surface area contributed by atoms with E-state index in [0.717, 1.165) is 25.1 Å². The molecule has 0 aliphatic heterocycles. The highest BCUT2D eigenvalue weighted by Crippen LogP contribution is 2.34. The molecule has 3 heteroatoms. The highest BCUT2D eigenvalue weighted by atomic mass is 32.2. The molecule has 1 aromatic rings. The number of hydrogen-bond donors (Lipinski definition) is 2. The second-order valence-electron chi connectivity index (χ2n) is 6.97. The van der Waals surface area contributed by atoms with Crippen LogP contribution in [0.2, 0.25) is 0 Å². The molecule has 2 nitrogen and oxygen atoms in total. The summed E-state index contributed by atoms with van der Waals surface area (Å²) in [5.74, 6) is 0.826. The molecule has 0 atom stereocenters. The third-order valence-corrected chi connectivity index (χ3v) is 5.08. The fourth-order valence-corrected chi connectivity index (χ4v) is 3.52. The van der Waals surface area contributed by atoms with E-state index >= 15 is 0 Å². The Morgan fingerprint density at radius 3 is 2.30 bits per heavy atom. The van der Waals surface area contributed by atoms with Gasteiger partial charge in [-0.1, -0.05) is 25.0 Å². The highest BCUT2D eigenvalue weighted by molar-refractivity contribution is 7.99. The molecule has 1 saturated carbocycles. The maximum Gasteiger partial charge on any atom is 0.0741 e. The van der Waals surface area contributed by atoms with Crippen LogP contribution in [0.5, 0.6) is 0 Å². The van der Waals surface area contributed by atoms with Gasteiger partial charge < -0.3 is 10.4 Å². The SMILES string of the molecule is CC(C)(C)NCc1ccc(SCC2(O)CCCC2)cc1. The Hall–Kier alpha value is -0.510. The van der Waals surface area contributed by atoms with Gasteiger partial charge in [0.2, 0.25) is 0 Å². The lowest BCUT2D eigenvalue weighted by molar-refractivity contribution is 0.0732. The van der Waals surface area contributed by atoms with Crippen molar-refractivity contribution in [3.63, 3.8) is 0 Å². The standard InChI is InChI=1S/C17H27NOS/c1-16(2,3)18-12-14-6-8-15(9-7-14)20-13-17(19)10-4-5-11-17/h6-9,18-19H,4-5,10-13H2,1-3H3. The van der Waals surface area contributed by atoms with Gasteiger partial charge in [-0.15, -0.1) is 11.8 Å². The first-order valence-corrected chi connectivity index (χ1v) is 8.54. The van der Waals surface area contributed by atoms with Crippen LogP contribution in [0.1, 0.15) is 52.0 Å². The zero-order chi connectivity index (χ0) is 14.6. The largest absolute Gasteiger partial charge is 0.389 e. The molecule has 0 spiro atoms. The Bertz CT molecular complexity index is 416. The van der Waals surface area contributed by atoms with Gasteiger partial charge in [-0.3, -0.25) is 0 Å². The zero-order valence-electron chi connectivity index (χ0n) is 12.9. The molecular formula is C17H27NOS. The second-order valence-corrected chi connectivity index (χ2v) is 8.02. The monoisotopic (exact) mass is 293 g/mol. The van der Waals surface area contributed by atoms with E-state index in [1.54, 1.807) is 11.8 Å². The molecule has 0 amide bonds. The lowest BCUT2D eigenvalue weighted by atomic mass is 10.1. The van der Waals surface area contributed by atoms with E-state index in [4.69, 9.17) is 0 Å². The minimum atomic E-state index is -0.420. The van der Waals surface area contributed by atoms with Gasteiger partial charge >= 0.3 is 0 Å². The smallest absolute Gasteiger partial charge is 0.0741 e. The van der Waals surface area contributed by atoms with E-state index in [-0.39, 0.29) is 5.54 Å². The van der Waals surface area contributed by atoms with Crippen molar-refractivity contribution in [3.05, 3.63) is 29.8 Å². The molecule has 20 heavy (non-hydrogen) atoms. The van der Waals surface area contributed by atoms with Crippen LogP contribution in [0.3, 0.4) is 0 Å². The van der Waals surface area contributed by atoms with Gasteiger partial charge in [0.05, 0.1) is 5.60 Å².